The summed E-state index contributed by atoms with van der Waals surface area (Å²) in [6, 6.07) is 11.2. The first-order valence-corrected chi connectivity index (χ1v) is 7.29. The van der Waals surface area contributed by atoms with Gasteiger partial charge in [0, 0.05) is 24.6 Å². The zero-order chi connectivity index (χ0) is 14.9. The van der Waals surface area contributed by atoms with Crippen molar-refractivity contribution in [3.63, 3.8) is 0 Å². The van der Waals surface area contributed by atoms with Crippen LogP contribution in [-0.2, 0) is 6.42 Å². The molecule has 0 bridgehead atoms. The number of benzene rings is 1. The number of para-hydroxylation sites is 1. The van der Waals surface area contributed by atoms with E-state index in [1.165, 1.54) is 5.56 Å². The highest BCUT2D eigenvalue weighted by atomic mass is 16.1. The Bertz CT molecular complexity index is 569. The first-order chi connectivity index (χ1) is 10.3. The second-order valence-corrected chi connectivity index (χ2v) is 5.02. The van der Waals surface area contributed by atoms with E-state index < -0.39 is 0 Å². The van der Waals surface area contributed by atoms with Gasteiger partial charge in [-0.2, -0.15) is 0 Å². The number of rotatable bonds is 7. The second kappa shape index (κ2) is 8.04. The number of nitrogen functional groups attached to an aromatic ring is 1. The van der Waals surface area contributed by atoms with Gasteiger partial charge in [0.2, 0.25) is 0 Å². The van der Waals surface area contributed by atoms with E-state index in [1.54, 1.807) is 18.3 Å². The van der Waals surface area contributed by atoms with E-state index in [2.05, 4.69) is 16.4 Å². The molecule has 1 aromatic heterocycles. The Labute approximate surface area is 125 Å². The highest BCUT2D eigenvalue weighted by Crippen LogP contribution is 2.10. The molecule has 1 amide bonds. The van der Waals surface area contributed by atoms with Crippen LogP contribution in [0.25, 0.3) is 0 Å². The highest BCUT2D eigenvalue weighted by Gasteiger charge is 2.07. The first kappa shape index (κ1) is 15.0. The molecule has 2 rings (SSSR count). The summed E-state index contributed by atoms with van der Waals surface area (Å²) in [5.41, 5.74) is 8.10. The molecule has 0 aliphatic heterocycles. The predicted molar refractivity (Wildman–Crippen MR) is 85.0 cm³/mol. The third-order valence-corrected chi connectivity index (χ3v) is 3.36. The number of nitrogens with two attached hydrogens (primary N) is 1. The molecule has 21 heavy (non-hydrogen) atoms. The monoisotopic (exact) mass is 283 g/mol. The van der Waals surface area contributed by atoms with E-state index in [9.17, 15) is 4.79 Å². The van der Waals surface area contributed by atoms with E-state index >= 15 is 0 Å². The van der Waals surface area contributed by atoms with Crippen LogP contribution in [-0.4, -0.2) is 17.4 Å². The molecule has 0 atom stereocenters. The van der Waals surface area contributed by atoms with Gasteiger partial charge in [0.05, 0.1) is 5.56 Å². The average molecular weight is 283 g/mol. The van der Waals surface area contributed by atoms with E-state index in [0.717, 1.165) is 25.7 Å². The number of pyridine rings is 1. The van der Waals surface area contributed by atoms with Gasteiger partial charge in [-0.3, -0.25) is 9.78 Å². The third-order valence-electron chi connectivity index (χ3n) is 3.36. The highest BCUT2D eigenvalue weighted by molar-refractivity contribution is 5.98. The Kier molecular flexibility index (Phi) is 5.76. The number of carbonyl (C=O) groups is 1. The summed E-state index contributed by atoms with van der Waals surface area (Å²) < 4.78 is 0. The Morgan fingerprint density at radius 2 is 1.95 bits per heavy atom. The fourth-order valence-electron chi connectivity index (χ4n) is 2.18. The quantitative estimate of drug-likeness (QED) is 0.606. The number of amides is 1. The van der Waals surface area contributed by atoms with Crippen molar-refractivity contribution in [3.8, 4) is 0 Å². The lowest BCUT2D eigenvalue weighted by Crippen LogP contribution is -2.25. The molecule has 0 unspecified atom stereocenters. The topological polar surface area (TPSA) is 68.0 Å². The van der Waals surface area contributed by atoms with Crippen molar-refractivity contribution in [2.24, 2.45) is 0 Å². The number of aromatic nitrogens is 1. The van der Waals surface area contributed by atoms with Crippen LogP contribution in [0.2, 0.25) is 0 Å². The molecule has 0 spiro atoms. The van der Waals surface area contributed by atoms with Gasteiger partial charge in [-0.1, -0.05) is 24.6 Å². The molecule has 110 valence electrons. The van der Waals surface area contributed by atoms with E-state index in [0.29, 0.717) is 17.8 Å². The Balaban J connectivity index is 1.62. The summed E-state index contributed by atoms with van der Waals surface area (Å²) in [5, 5.41) is 2.91. The average Bonchev–Trinajstić information content (AvgIpc) is 2.52. The fraction of sp³-hybridized carbons (Fsp3) is 0.294. The summed E-state index contributed by atoms with van der Waals surface area (Å²) >= 11 is 0. The normalized spacial score (nSPS) is 10.3. The van der Waals surface area contributed by atoms with Gasteiger partial charge in [0.25, 0.3) is 5.91 Å². The van der Waals surface area contributed by atoms with Crippen LogP contribution in [0.3, 0.4) is 0 Å². The maximum Gasteiger partial charge on any atom is 0.253 e. The smallest absolute Gasteiger partial charge is 0.253 e. The molecule has 3 N–H and O–H groups in total. The number of carbonyl (C=O) groups excluding carboxylic acids is 1. The van der Waals surface area contributed by atoms with Crippen molar-refractivity contribution in [2.45, 2.75) is 25.7 Å². The molecule has 0 aliphatic rings. The summed E-state index contributed by atoms with van der Waals surface area (Å²) in [6.07, 6.45) is 7.88. The van der Waals surface area contributed by atoms with Crippen LogP contribution in [0.1, 0.15) is 35.2 Å². The molecule has 1 heterocycles. The van der Waals surface area contributed by atoms with Gasteiger partial charge in [0.1, 0.15) is 0 Å². The van der Waals surface area contributed by atoms with E-state index in [-0.39, 0.29) is 5.91 Å². The molecule has 4 nitrogen and oxygen atoms in total. The van der Waals surface area contributed by atoms with Crippen LogP contribution >= 0.6 is 0 Å². The zero-order valence-corrected chi connectivity index (χ0v) is 12.1. The van der Waals surface area contributed by atoms with Crippen LogP contribution < -0.4 is 11.1 Å². The van der Waals surface area contributed by atoms with E-state index in [1.807, 2.05) is 24.4 Å². The number of unbranched alkanes of at least 4 members (excludes halogenated alkanes) is 2. The Morgan fingerprint density at radius 1 is 1.10 bits per heavy atom. The molecular weight excluding hydrogens is 262 g/mol. The summed E-state index contributed by atoms with van der Waals surface area (Å²) in [6.45, 7) is 0.681. The molecule has 2 aromatic rings. The van der Waals surface area contributed by atoms with Crippen molar-refractivity contribution in [1.82, 2.24) is 10.3 Å². The van der Waals surface area contributed by atoms with Crippen LogP contribution in [0.4, 0.5) is 5.69 Å². The van der Waals surface area contributed by atoms with Crippen LogP contribution in [0.15, 0.2) is 48.8 Å². The lowest BCUT2D eigenvalue weighted by atomic mass is 10.1. The number of nitrogens with zero attached hydrogens (tertiary/aromatic N) is 1. The predicted octanol–water partition coefficient (Wildman–Crippen LogP) is 2.81. The van der Waals surface area contributed by atoms with Crippen molar-refractivity contribution in [3.05, 3.63) is 59.9 Å². The standard InChI is InChI=1S/C17H21N3O/c18-16-10-4-3-9-15(16)17(21)20-12-5-1-2-7-14-8-6-11-19-13-14/h3-4,6,8-11,13H,1-2,5,7,12,18H2,(H,20,21). The largest absolute Gasteiger partial charge is 0.398 e. The minimum absolute atomic E-state index is 0.0969. The van der Waals surface area contributed by atoms with Crippen LogP contribution in [0, 0.1) is 0 Å². The maximum atomic E-state index is 11.9. The fourth-order valence-corrected chi connectivity index (χ4v) is 2.18. The van der Waals surface area contributed by atoms with Crippen molar-refractivity contribution >= 4 is 11.6 Å². The molecule has 0 fully saturated rings. The van der Waals surface area contributed by atoms with Gasteiger partial charge < -0.3 is 11.1 Å². The van der Waals surface area contributed by atoms with Crippen LogP contribution in [0.5, 0.6) is 0 Å². The second-order valence-electron chi connectivity index (χ2n) is 5.02. The van der Waals surface area contributed by atoms with Gasteiger partial charge >= 0.3 is 0 Å². The number of hydrogen-bond acceptors (Lipinski definition) is 3. The molecular formula is C17H21N3O. The molecule has 1 aromatic carbocycles. The summed E-state index contributed by atoms with van der Waals surface area (Å²) in [7, 11) is 0. The van der Waals surface area contributed by atoms with Gasteiger partial charge in [-0.05, 0) is 43.0 Å². The third kappa shape index (κ3) is 4.91. The maximum absolute atomic E-state index is 11.9. The minimum Gasteiger partial charge on any atom is -0.398 e. The van der Waals surface area contributed by atoms with Gasteiger partial charge in [-0.15, -0.1) is 0 Å². The summed E-state index contributed by atoms with van der Waals surface area (Å²) in [5.74, 6) is -0.0969. The van der Waals surface area contributed by atoms with E-state index in [4.69, 9.17) is 5.73 Å². The van der Waals surface area contributed by atoms with Gasteiger partial charge in [-0.25, -0.2) is 0 Å². The lowest BCUT2D eigenvalue weighted by molar-refractivity contribution is 0.0954. The molecule has 0 aliphatic carbocycles. The molecule has 0 saturated heterocycles. The summed E-state index contributed by atoms with van der Waals surface area (Å²) in [4.78, 5) is 16.0. The van der Waals surface area contributed by atoms with Crippen molar-refractivity contribution < 1.29 is 4.79 Å². The number of hydrogen-bond donors (Lipinski definition) is 2. The van der Waals surface area contributed by atoms with Crippen molar-refractivity contribution in [2.75, 3.05) is 12.3 Å². The molecule has 0 radical (unpaired) electrons. The Morgan fingerprint density at radius 3 is 2.71 bits per heavy atom. The molecule has 0 saturated carbocycles. The van der Waals surface area contributed by atoms with Gasteiger partial charge in [0.15, 0.2) is 0 Å². The van der Waals surface area contributed by atoms with Crippen molar-refractivity contribution in [1.29, 1.82) is 0 Å². The number of aryl methyl sites for hydroxylation is 1. The lowest BCUT2D eigenvalue weighted by Gasteiger charge is -2.07. The number of nitrogens with one attached hydrogen (secondary N) is 1. The SMILES string of the molecule is Nc1ccccc1C(=O)NCCCCCc1cccnc1. The zero-order valence-electron chi connectivity index (χ0n) is 12.1. The molecule has 4 heteroatoms. The minimum atomic E-state index is -0.0969. The number of anilines is 1. The Hall–Kier alpha value is -2.36. The first-order valence-electron chi connectivity index (χ1n) is 7.29.